The summed E-state index contributed by atoms with van der Waals surface area (Å²) in [6, 6.07) is 17.3. The van der Waals surface area contributed by atoms with Gasteiger partial charge in [-0.1, -0.05) is 29.8 Å². The number of carboxylic acid groups (broad SMARTS) is 1. The minimum Gasteiger partial charge on any atom is -0.508 e. The number of fused-ring (bicyclic) bond motifs is 1. The molecule has 10 heteroatoms. The second kappa shape index (κ2) is 8.58. The van der Waals surface area contributed by atoms with Gasteiger partial charge in [-0.15, -0.1) is 0 Å². The molecule has 8 nitrogen and oxygen atoms in total. The molecule has 0 radical (unpaired) electrons. The van der Waals surface area contributed by atoms with Gasteiger partial charge in [-0.25, -0.2) is 19.0 Å². The number of aromatic carboxylic acids is 1. The second-order valence-corrected chi connectivity index (χ2v) is 8.02. The lowest BCUT2D eigenvalue weighted by molar-refractivity contribution is 0.0696. The van der Waals surface area contributed by atoms with Gasteiger partial charge in [0.1, 0.15) is 5.75 Å². The largest absolute Gasteiger partial charge is 0.508 e. The number of carboxylic acids is 1. The van der Waals surface area contributed by atoms with Gasteiger partial charge < -0.3 is 15.5 Å². The number of carbonyl (C=O) groups is 1. The van der Waals surface area contributed by atoms with Gasteiger partial charge in [0, 0.05) is 6.07 Å². The van der Waals surface area contributed by atoms with E-state index in [1.807, 2.05) is 6.07 Å². The monoisotopic (exact) mass is 454 g/mol. The van der Waals surface area contributed by atoms with Crippen molar-refractivity contribution in [2.45, 2.75) is 4.90 Å². The average Bonchev–Trinajstić information content (AvgIpc) is 2.76. The number of anilines is 3. The molecule has 0 bridgehead atoms. The molecule has 0 saturated carbocycles. The van der Waals surface area contributed by atoms with E-state index in [-0.39, 0.29) is 27.8 Å². The summed E-state index contributed by atoms with van der Waals surface area (Å²) in [4.78, 5) is 20.5. The molecule has 4 rings (SSSR count). The van der Waals surface area contributed by atoms with Crippen LogP contribution in [0.1, 0.15) is 10.4 Å². The molecule has 1 atom stereocenters. The third-order valence-electron chi connectivity index (χ3n) is 4.26. The zero-order chi connectivity index (χ0) is 22.0. The lowest BCUT2D eigenvalue weighted by atomic mass is 10.2. The highest BCUT2D eigenvalue weighted by molar-refractivity contribution is 7.86. The predicted octanol–water partition coefficient (Wildman–Crippen LogP) is 4.57. The average molecular weight is 455 g/mol. The molecule has 0 aliphatic rings. The maximum atomic E-state index is 12.9. The Morgan fingerprint density at radius 1 is 0.935 bits per heavy atom. The van der Waals surface area contributed by atoms with Crippen LogP contribution in [0.5, 0.6) is 5.75 Å². The Kier molecular flexibility index (Phi) is 5.70. The van der Waals surface area contributed by atoms with Gasteiger partial charge >= 0.3 is 5.97 Å². The van der Waals surface area contributed by atoms with Crippen LogP contribution >= 0.6 is 11.6 Å². The molecule has 4 N–H and O–H groups in total. The lowest BCUT2D eigenvalue weighted by Gasteiger charge is -2.14. The Balaban J connectivity index is 1.74. The molecule has 0 spiro atoms. The number of rotatable bonds is 6. The Morgan fingerprint density at radius 3 is 2.35 bits per heavy atom. The maximum Gasteiger partial charge on any atom is 0.335 e. The van der Waals surface area contributed by atoms with E-state index in [0.717, 1.165) is 0 Å². The van der Waals surface area contributed by atoms with Crippen molar-refractivity contribution in [3.63, 3.8) is 0 Å². The number of halogens is 1. The molecule has 156 valence electrons. The molecule has 31 heavy (non-hydrogen) atoms. The number of hydrogen-bond acceptors (Lipinski definition) is 6. The van der Waals surface area contributed by atoms with Crippen molar-refractivity contribution in [1.29, 1.82) is 0 Å². The van der Waals surface area contributed by atoms with Crippen molar-refractivity contribution in [3.05, 3.63) is 77.3 Å². The summed E-state index contributed by atoms with van der Waals surface area (Å²) in [5.74, 6) is -0.722. The van der Waals surface area contributed by atoms with Crippen LogP contribution in [0.4, 0.5) is 17.3 Å². The van der Waals surface area contributed by atoms with Crippen molar-refractivity contribution >= 4 is 56.9 Å². The van der Waals surface area contributed by atoms with Gasteiger partial charge in [0.2, 0.25) is 0 Å². The van der Waals surface area contributed by atoms with Crippen LogP contribution in [0.15, 0.2) is 71.6 Å². The van der Waals surface area contributed by atoms with Crippen LogP contribution in [0.2, 0.25) is 5.02 Å². The lowest BCUT2D eigenvalue weighted by Crippen LogP contribution is -2.11. The van der Waals surface area contributed by atoms with E-state index < -0.39 is 17.0 Å². The highest BCUT2D eigenvalue weighted by atomic mass is 35.5. The number of nitrogens with one attached hydrogen (secondary N) is 2. The molecule has 0 amide bonds. The quantitative estimate of drug-likeness (QED) is 0.336. The third kappa shape index (κ3) is 4.57. The SMILES string of the molecule is O=C(O)c1cccc(S(=O)Nc2nc3ccccc3nc2Nc2cc(O)ccc2Cl)c1. The van der Waals surface area contributed by atoms with E-state index in [9.17, 15) is 19.2 Å². The summed E-state index contributed by atoms with van der Waals surface area (Å²) < 4.78 is 15.7. The normalized spacial score (nSPS) is 11.8. The molecular formula is C21H15ClN4O4S. The first-order valence-corrected chi connectivity index (χ1v) is 10.5. The smallest absolute Gasteiger partial charge is 0.335 e. The maximum absolute atomic E-state index is 12.9. The molecule has 1 heterocycles. The van der Waals surface area contributed by atoms with Crippen LogP contribution in [0.3, 0.4) is 0 Å². The molecule has 4 aromatic rings. The van der Waals surface area contributed by atoms with E-state index in [1.54, 1.807) is 24.3 Å². The first-order chi connectivity index (χ1) is 14.9. The van der Waals surface area contributed by atoms with Gasteiger partial charge in [-0.2, -0.15) is 0 Å². The van der Waals surface area contributed by atoms with Gasteiger partial charge in [-0.05, 0) is 42.5 Å². The van der Waals surface area contributed by atoms with Gasteiger partial charge in [0.05, 0.1) is 32.2 Å². The van der Waals surface area contributed by atoms with Crippen molar-refractivity contribution in [3.8, 4) is 5.75 Å². The number of phenolic OH excluding ortho intramolecular Hbond substituents is 1. The van der Waals surface area contributed by atoms with E-state index in [1.165, 1.54) is 36.4 Å². The van der Waals surface area contributed by atoms with Gasteiger partial charge in [-0.3, -0.25) is 4.72 Å². The molecular weight excluding hydrogens is 440 g/mol. The molecule has 0 aliphatic heterocycles. The predicted molar refractivity (Wildman–Crippen MR) is 119 cm³/mol. The number of phenols is 1. The van der Waals surface area contributed by atoms with Gasteiger partial charge in [0.15, 0.2) is 22.6 Å². The highest BCUT2D eigenvalue weighted by Gasteiger charge is 2.15. The van der Waals surface area contributed by atoms with Crippen molar-refractivity contribution < 1.29 is 19.2 Å². The van der Waals surface area contributed by atoms with E-state index >= 15 is 0 Å². The van der Waals surface area contributed by atoms with Crippen LogP contribution in [-0.2, 0) is 11.0 Å². The van der Waals surface area contributed by atoms with Gasteiger partial charge in [0.25, 0.3) is 0 Å². The third-order valence-corrected chi connectivity index (χ3v) is 5.65. The standard InChI is InChI=1S/C21H15ClN4O4S/c22-15-9-8-13(27)11-18(15)25-19-20(24-17-7-2-1-6-16(17)23-19)26-31(30)14-5-3-4-12(10-14)21(28)29/h1-11,27H,(H,23,25)(H,24,26)(H,28,29). The Bertz CT molecular complexity index is 1330. The number of hydrogen-bond donors (Lipinski definition) is 4. The molecule has 0 fully saturated rings. The summed E-state index contributed by atoms with van der Waals surface area (Å²) in [5.41, 5.74) is 1.55. The molecule has 0 saturated heterocycles. The van der Waals surface area contributed by atoms with Crippen LogP contribution in [0.25, 0.3) is 11.0 Å². The van der Waals surface area contributed by atoms with E-state index in [0.29, 0.717) is 21.7 Å². The zero-order valence-corrected chi connectivity index (χ0v) is 17.3. The summed E-state index contributed by atoms with van der Waals surface area (Å²) in [5, 5.41) is 22.3. The van der Waals surface area contributed by atoms with Crippen LogP contribution < -0.4 is 10.0 Å². The van der Waals surface area contributed by atoms with E-state index in [4.69, 9.17) is 11.6 Å². The van der Waals surface area contributed by atoms with Crippen molar-refractivity contribution in [2.75, 3.05) is 10.0 Å². The Hall–Kier alpha value is -3.69. The van der Waals surface area contributed by atoms with Crippen LogP contribution in [-0.4, -0.2) is 30.4 Å². The Morgan fingerprint density at radius 2 is 1.65 bits per heavy atom. The number of nitrogens with zero attached hydrogens (tertiary/aromatic N) is 2. The summed E-state index contributed by atoms with van der Waals surface area (Å²) in [6.45, 7) is 0. The first kappa shape index (κ1) is 20.6. The molecule has 0 aliphatic carbocycles. The minimum atomic E-state index is -1.82. The number of para-hydroxylation sites is 2. The Labute approximate surface area is 184 Å². The molecule has 1 unspecified atom stereocenters. The highest BCUT2D eigenvalue weighted by Crippen LogP contribution is 2.32. The number of aromatic nitrogens is 2. The summed E-state index contributed by atoms with van der Waals surface area (Å²) >= 11 is 6.21. The topological polar surface area (TPSA) is 124 Å². The van der Waals surface area contributed by atoms with E-state index in [2.05, 4.69) is 20.0 Å². The van der Waals surface area contributed by atoms with Crippen LogP contribution in [0, 0.1) is 0 Å². The molecule has 3 aromatic carbocycles. The molecule has 1 aromatic heterocycles. The minimum absolute atomic E-state index is 0.00391. The summed E-state index contributed by atoms with van der Waals surface area (Å²) in [6.07, 6.45) is 0. The fourth-order valence-electron chi connectivity index (χ4n) is 2.79. The van der Waals surface area contributed by atoms with Crippen molar-refractivity contribution in [1.82, 2.24) is 9.97 Å². The number of benzene rings is 3. The first-order valence-electron chi connectivity index (χ1n) is 8.95. The fraction of sp³-hybridized carbons (Fsp3) is 0. The summed E-state index contributed by atoms with van der Waals surface area (Å²) in [7, 11) is -1.82. The fourth-order valence-corrected chi connectivity index (χ4v) is 3.82. The number of aromatic hydroxyl groups is 1. The zero-order valence-electron chi connectivity index (χ0n) is 15.7. The second-order valence-electron chi connectivity index (χ2n) is 6.40. The van der Waals surface area contributed by atoms with Crippen molar-refractivity contribution in [2.24, 2.45) is 0 Å².